The molecule has 26 heavy (non-hydrogen) atoms. The van der Waals surface area contributed by atoms with Crippen LogP contribution in [0.1, 0.15) is 21.5 Å². The zero-order chi connectivity index (χ0) is 19.5. The highest BCUT2D eigenvalue weighted by Gasteiger charge is 2.30. The Morgan fingerprint density at radius 3 is 2.54 bits per heavy atom. The number of hydrogen-bond donors (Lipinski definition) is 2. The van der Waals surface area contributed by atoms with Crippen LogP contribution >= 0.6 is 0 Å². The zero-order valence-corrected chi connectivity index (χ0v) is 13.6. The third-order valence-corrected chi connectivity index (χ3v) is 3.62. The Bertz CT molecular complexity index is 840. The molecule has 1 amide bonds. The van der Waals surface area contributed by atoms with Gasteiger partial charge in [-0.1, -0.05) is 12.1 Å². The van der Waals surface area contributed by atoms with E-state index in [1.807, 2.05) is 0 Å². The second-order valence-corrected chi connectivity index (χ2v) is 5.49. The second-order valence-electron chi connectivity index (χ2n) is 5.49. The smallest absolute Gasteiger partial charge is 0.337 e. The number of anilines is 1. The summed E-state index contributed by atoms with van der Waals surface area (Å²) in [6.45, 7) is -0.0898. The molecule has 0 saturated carbocycles. The Kier molecular flexibility index (Phi) is 5.46. The zero-order valence-electron chi connectivity index (χ0n) is 13.6. The quantitative estimate of drug-likeness (QED) is 0.480. The van der Waals surface area contributed by atoms with Crippen LogP contribution in [0.4, 0.5) is 24.5 Å². The minimum Gasteiger partial charge on any atom is -0.337 e. The van der Waals surface area contributed by atoms with Crippen molar-refractivity contribution in [3.8, 4) is 0 Å². The van der Waals surface area contributed by atoms with Crippen LogP contribution in [0.2, 0.25) is 0 Å². The van der Waals surface area contributed by atoms with Gasteiger partial charge in [0.2, 0.25) is 0 Å². The number of nitrogen functional groups attached to an aromatic ring is 1. The number of hydrogen-bond acceptors (Lipinski definition) is 5. The molecule has 0 heterocycles. The maximum Gasteiger partial charge on any atom is 0.416 e. The van der Waals surface area contributed by atoms with Crippen LogP contribution in [0.15, 0.2) is 42.5 Å². The van der Waals surface area contributed by atoms with Crippen LogP contribution in [0.25, 0.3) is 0 Å². The molecule has 0 bridgehead atoms. The molecule has 0 aliphatic carbocycles. The summed E-state index contributed by atoms with van der Waals surface area (Å²) in [4.78, 5) is 23.9. The number of carbonyl (C=O) groups is 1. The predicted octanol–water partition coefficient (Wildman–Crippen LogP) is 3.17. The van der Waals surface area contributed by atoms with Gasteiger partial charge in [-0.05, 0) is 29.8 Å². The first-order valence-corrected chi connectivity index (χ1v) is 7.30. The molecule has 0 saturated heterocycles. The maximum atomic E-state index is 12.8. The lowest BCUT2D eigenvalue weighted by Gasteiger charge is -2.18. The maximum absolute atomic E-state index is 12.8. The van der Waals surface area contributed by atoms with Gasteiger partial charge in [-0.25, -0.2) is 0 Å². The Morgan fingerprint density at radius 1 is 1.27 bits per heavy atom. The van der Waals surface area contributed by atoms with Crippen molar-refractivity contribution in [1.29, 1.82) is 0 Å². The lowest BCUT2D eigenvalue weighted by molar-refractivity contribution is -0.384. The van der Waals surface area contributed by atoms with Gasteiger partial charge < -0.3 is 10.3 Å². The van der Waals surface area contributed by atoms with Crippen LogP contribution in [0, 0.1) is 10.1 Å². The van der Waals surface area contributed by atoms with Crippen molar-refractivity contribution >= 4 is 17.3 Å². The van der Waals surface area contributed by atoms with E-state index in [-0.39, 0.29) is 29.0 Å². The molecule has 10 heteroatoms. The Morgan fingerprint density at radius 2 is 1.96 bits per heavy atom. The van der Waals surface area contributed by atoms with Crippen molar-refractivity contribution in [2.24, 2.45) is 5.84 Å². The highest BCUT2D eigenvalue weighted by molar-refractivity contribution is 5.95. The molecule has 0 aromatic heterocycles. The third kappa shape index (κ3) is 4.28. The Balaban J connectivity index is 2.23. The molecule has 0 aliphatic rings. The van der Waals surface area contributed by atoms with E-state index in [1.54, 1.807) is 0 Å². The molecule has 0 aliphatic heterocycles. The van der Waals surface area contributed by atoms with Crippen LogP contribution in [-0.4, -0.2) is 22.8 Å². The minimum atomic E-state index is -4.48. The molecular weight excluding hydrogens is 353 g/mol. The number of alkyl halides is 3. The fraction of sp³-hybridized carbons (Fsp3) is 0.188. The summed E-state index contributed by atoms with van der Waals surface area (Å²) in [7, 11) is 1.39. The molecule has 3 N–H and O–H groups in total. The molecule has 0 unspecified atom stereocenters. The summed E-state index contributed by atoms with van der Waals surface area (Å²) in [6.07, 6.45) is -4.48. The number of hydrazine groups is 1. The first-order chi connectivity index (χ1) is 12.1. The number of nitrogens with one attached hydrogen (secondary N) is 1. The van der Waals surface area contributed by atoms with Gasteiger partial charge in [0.15, 0.2) is 0 Å². The van der Waals surface area contributed by atoms with Gasteiger partial charge in [0.25, 0.3) is 11.6 Å². The van der Waals surface area contributed by atoms with Gasteiger partial charge >= 0.3 is 6.18 Å². The number of benzene rings is 2. The molecule has 138 valence electrons. The fourth-order valence-electron chi connectivity index (χ4n) is 2.35. The van der Waals surface area contributed by atoms with Crippen molar-refractivity contribution in [2.45, 2.75) is 12.7 Å². The number of nitro benzene ring substituents is 1. The van der Waals surface area contributed by atoms with Gasteiger partial charge in [-0.3, -0.25) is 20.8 Å². The standard InChI is InChI=1S/C16H15F3N4O3/c1-22(9-10-3-2-4-12(7-10)16(17,18)19)15(24)11-5-6-13(21-20)14(8-11)23(25)26/h2-8,21H,9,20H2,1H3. The van der Waals surface area contributed by atoms with Crippen molar-refractivity contribution in [1.82, 2.24) is 4.90 Å². The summed E-state index contributed by atoms with van der Waals surface area (Å²) in [5.41, 5.74) is 1.30. The van der Waals surface area contributed by atoms with E-state index in [0.717, 1.165) is 18.2 Å². The molecule has 0 fully saturated rings. The van der Waals surface area contributed by atoms with E-state index >= 15 is 0 Å². The topological polar surface area (TPSA) is 102 Å². The Labute approximate surface area is 146 Å². The van der Waals surface area contributed by atoms with E-state index in [9.17, 15) is 28.1 Å². The molecule has 0 atom stereocenters. The first kappa shape index (κ1) is 19.2. The van der Waals surface area contributed by atoms with Crippen LogP contribution in [-0.2, 0) is 12.7 Å². The highest BCUT2D eigenvalue weighted by Crippen LogP contribution is 2.30. The van der Waals surface area contributed by atoms with Gasteiger partial charge in [0.1, 0.15) is 5.69 Å². The van der Waals surface area contributed by atoms with Crippen LogP contribution < -0.4 is 11.3 Å². The number of nitro groups is 1. The molecule has 0 radical (unpaired) electrons. The number of nitrogens with zero attached hydrogens (tertiary/aromatic N) is 2. The van der Waals surface area contributed by atoms with Gasteiger partial charge in [-0.2, -0.15) is 13.2 Å². The molecular formula is C16H15F3N4O3. The fourth-order valence-corrected chi connectivity index (χ4v) is 2.35. The summed E-state index contributed by atoms with van der Waals surface area (Å²) in [5.74, 6) is 4.61. The van der Waals surface area contributed by atoms with Crippen molar-refractivity contribution < 1.29 is 22.9 Å². The van der Waals surface area contributed by atoms with Gasteiger partial charge in [0.05, 0.1) is 10.5 Å². The largest absolute Gasteiger partial charge is 0.416 e. The average Bonchev–Trinajstić information content (AvgIpc) is 2.59. The monoisotopic (exact) mass is 368 g/mol. The number of rotatable bonds is 5. The van der Waals surface area contributed by atoms with E-state index < -0.39 is 22.6 Å². The van der Waals surface area contributed by atoms with Gasteiger partial charge in [0, 0.05) is 25.2 Å². The highest BCUT2D eigenvalue weighted by atomic mass is 19.4. The second kappa shape index (κ2) is 7.40. The predicted molar refractivity (Wildman–Crippen MR) is 88.1 cm³/mol. The van der Waals surface area contributed by atoms with Crippen molar-refractivity contribution in [2.75, 3.05) is 12.5 Å². The number of halogens is 3. The Hall–Kier alpha value is -3.14. The summed E-state index contributed by atoms with van der Waals surface area (Å²) in [6, 6.07) is 8.28. The van der Waals surface area contributed by atoms with Crippen LogP contribution in [0.5, 0.6) is 0 Å². The third-order valence-electron chi connectivity index (χ3n) is 3.62. The number of nitrogens with two attached hydrogens (primary N) is 1. The normalized spacial score (nSPS) is 11.1. The molecule has 0 spiro atoms. The first-order valence-electron chi connectivity index (χ1n) is 7.30. The number of carbonyl (C=O) groups excluding carboxylic acids is 1. The summed E-state index contributed by atoms with van der Waals surface area (Å²) in [5, 5.41) is 11.0. The molecule has 2 aromatic carbocycles. The van der Waals surface area contributed by atoms with E-state index in [2.05, 4.69) is 5.43 Å². The van der Waals surface area contributed by atoms with Crippen molar-refractivity contribution in [3.05, 3.63) is 69.3 Å². The number of amides is 1. The lowest BCUT2D eigenvalue weighted by Crippen LogP contribution is -2.26. The van der Waals surface area contributed by atoms with E-state index in [1.165, 1.54) is 36.2 Å². The molecule has 7 nitrogen and oxygen atoms in total. The molecule has 2 aromatic rings. The van der Waals surface area contributed by atoms with E-state index in [0.29, 0.717) is 0 Å². The summed E-state index contributed by atoms with van der Waals surface area (Å²) < 4.78 is 38.3. The molecule has 2 rings (SSSR count). The lowest BCUT2D eigenvalue weighted by atomic mass is 10.1. The van der Waals surface area contributed by atoms with Crippen LogP contribution in [0.3, 0.4) is 0 Å². The minimum absolute atomic E-state index is 0.0187. The van der Waals surface area contributed by atoms with Gasteiger partial charge in [-0.15, -0.1) is 0 Å². The van der Waals surface area contributed by atoms with Crippen molar-refractivity contribution in [3.63, 3.8) is 0 Å². The SMILES string of the molecule is CN(Cc1cccc(C(F)(F)F)c1)C(=O)c1ccc(NN)c([N+](=O)[O-])c1. The average molecular weight is 368 g/mol. The summed E-state index contributed by atoms with van der Waals surface area (Å²) >= 11 is 0. The van der Waals surface area contributed by atoms with E-state index in [4.69, 9.17) is 5.84 Å².